The van der Waals surface area contributed by atoms with Crippen LogP contribution in [-0.2, 0) is 19.4 Å². The fourth-order valence-electron chi connectivity index (χ4n) is 3.78. The minimum Gasteiger partial charge on any atom is -0.355 e. The van der Waals surface area contributed by atoms with Gasteiger partial charge in [0, 0.05) is 32.7 Å². The second kappa shape index (κ2) is 9.24. The minimum atomic E-state index is -0.323. The normalized spacial score (nSPS) is 13.2. The number of anilines is 2. The maximum absolute atomic E-state index is 13.2. The van der Waals surface area contributed by atoms with Crippen LogP contribution >= 0.6 is 0 Å². The Bertz CT molecular complexity index is 974. The lowest BCUT2D eigenvalue weighted by atomic mass is 10.0. The van der Waals surface area contributed by atoms with Crippen molar-refractivity contribution in [1.82, 2.24) is 9.55 Å². The number of nitriles is 1. The highest BCUT2D eigenvalue weighted by molar-refractivity contribution is 5.57. The van der Waals surface area contributed by atoms with Gasteiger partial charge in [-0.15, -0.1) is 13.2 Å². The number of aromatic nitrogens is 2. The number of hydrogen-bond donors (Lipinski definition) is 0. The molecule has 1 aliphatic heterocycles. The predicted molar refractivity (Wildman–Crippen MR) is 118 cm³/mol. The van der Waals surface area contributed by atoms with Crippen molar-refractivity contribution >= 4 is 11.8 Å². The first-order chi connectivity index (χ1) is 14.1. The molecule has 0 N–H and O–H groups in total. The molecule has 0 aliphatic carbocycles. The third-order valence-corrected chi connectivity index (χ3v) is 5.29. The molecule has 1 aromatic carbocycles. The van der Waals surface area contributed by atoms with Gasteiger partial charge in [-0.1, -0.05) is 36.4 Å². The average Bonchev–Trinajstić information content (AvgIpc) is 2.96. The third kappa shape index (κ3) is 4.09. The molecule has 0 spiro atoms. The first-order valence-electron chi connectivity index (χ1n) is 9.98. The van der Waals surface area contributed by atoms with Gasteiger partial charge < -0.3 is 9.80 Å². The molecule has 0 saturated heterocycles. The van der Waals surface area contributed by atoms with E-state index in [0.29, 0.717) is 31.4 Å². The molecule has 0 fully saturated rings. The van der Waals surface area contributed by atoms with Crippen molar-refractivity contribution in [3.05, 3.63) is 76.6 Å². The Morgan fingerprint density at radius 3 is 2.38 bits per heavy atom. The summed E-state index contributed by atoms with van der Waals surface area (Å²) in [5.74, 6) is 1.02. The topological polar surface area (TPSA) is 65.2 Å². The molecule has 0 saturated carbocycles. The van der Waals surface area contributed by atoms with Crippen LogP contribution in [0.2, 0.25) is 0 Å². The molecule has 0 bridgehead atoms. The van der Waals surface area contributed by atoms with Gasteiger partial charge in [-0.3, -0.25) is 9.36 Å². The summed E-state index contributed by atoms with van der Waals surface area (Å²) in [6.45, 7) is 12.6. The molecular weight excluding hydrogens is 362 g/mol. The van der Waals surface area contributed by atoms with Gasteiger partial charge in [-0.25, -0.2) is 0 Å². The summed E-state index contributed by atoms with van der Waals surface area (Å²) in [7, 11) is 0. The molecular formula is C23H27N5O. The van der Waals surface area contributed by atoms with Crippen molar-refractivity contribution < 1.29 is 0 Å². The summed E-state index contributed by atoms with van der Waals surface area (Å²) in [5.41, 5.74) is 2.40. The van der Waals surface area contributed by atoms with E-state index < -0.39 is 0 Å². The van der Waals surface area contributed by atoms with Gasteiger partial charge in [0.15, 0.2) is 11.4 Å². The summed E-state index contributed by atoms with van der Waals surface area (Å²) in [5, 5.41) is 9.77. The highest BCUT2D eigenvalue weighted by Gasteiger charge is 2.24. The van der Waals surface area contributed by atoms with E-state index in [2.05, 4.69) is 48.4 Å². The molecule has 1 aliphatic rings. The Hall–Kier alpha value is -3.33. The average molecular weight is 390 g/mol. The standard InChI is InChI=1S/C23H27N5O/c1-4-13-26(6-3)23-25-21(20(17-24)22(29)28(23)14-5-2)27-15-11-18-9-7-8-10-19(18)12-16-27/h4-5,7-10H,1-2,6,11-16H2,3H3. The molecule has 0 unspecified atom stereocenters. The van der Waals surface area contributed by atoms with Crippen molar-refractivity contribution in [2.45, 2.75) is 26.3 Å². The van der Waals surface area contributed by atoms with E-state index in [1.165, 1.54) is 15.7 Å². The number of rotatable bonds is 7. The molecule has 150 valence electrons. The molecule has 3 rings (SSSR count). The molecule has 0 atom stereocenters. The third-order valence-electron chi connectivity index (χ3n) is 5.29. The summed E-state index contributed by atoms with van der Waals surface area (Å²) in [6.07, 6.45) is 5.15. The monoisotopic (exact) mass is 389 g/mol. The van der Waals surface area contributed by atoms with Crippen LogP contribution in [0.15, 0.2) is 54.4 Å². The molecule has 6 heteroatoms. The highest BCUT2D eigenvalue weighted by Crippen LogP contribution is 2.24. The lowest BCUT2D eigenvalue weighted by Crippen LogP contribution is -2.37. The zero-order valence-corrected chi connectivity index (χ0v) is 17.0. The Balaban J connectivity index is 2.09. The van der Waals surface area contributed by atoms with Crippen LogP contribution in [-0.4, -0.2) is 35.7 Å². The van der Waals surface area contributed by atoms with Gasteiger partial charge in [0.05, 0.1) is 0 Å². The number of benzene rings is 1. The maximum atomic E-state index is 13.2. The summed E-state index contributed by atoms with van der Waals surface area (Å²) < 4.78 is 1.52. The van der Waals surface area contributed by atoms with Crippen LogP contribution < -0.4 is 15.4 Å². The smallest absolute Gasteiger partial charge is 0.275 e. The summed E-state index contributed by atoms with van der Waals surface area (Å²) in [6, 6.07) is 10.5. The second-order valence-corrected chi connectivity index (χ2v) is 7.01. The molecule has 2 aromatic rings. The fourth-order valence-corrected chi connectivity index (χ4v) is 3.78. The van der Waals surface area contributed by atoms with Crippen LogP contribution in [0.1, 0.15) is 23.6 Å². The van der Waals surface area contributed by atoms with E-state index in [9.17, 15) is 10.1 Å². The van der Waals surface area contributed by atoms with Crippen LogP contribution in [0, 0.1) is 11.3 Å². The zero-order valence-electron chi connectivity index (χ0n) is 17.0. The number of fused-ring (bicyclic) bond motifs is 1. The molecule has 0 amide bonds. The number of likely N-dealkylation sites (N-methyl/N-ethyl adjacent to an activating group) is 1. The molecule has 0 radical (unpaired) electrons. The van der Waals surface area contributed by atoms with E-state index in [1.807, 2.05) is 11.8 Å². The summed E-state index contributed by atoms with van der Waals surface area (Å²) >= 11 is 0. The van der Waals surface area contributed by atoms with E-state index in [1.54, 1.807) is 12.2 Å². The Kier molecular flexibility index (Phi) is 6.50. The largest absolute Gasteiger partial charge is 0.355 e. The quantitative estimate of drug-likeness (QED) is 0.681. The predicted octanol–water partition coefficient (Wildman–Crippen LogP) is 2.92. The molecule has 29 heavy (non-hydrogen) atoms. The van der Waals surface area contributed by atoms with Gasteiger partial charge >= 0.3 is 0 Å². The van der Waals surface area contributed by atoms with Crippen molar-refractivity contribution in [2.24, 2.45) is 0 Å². The van der Waals surface area contributed by atoms with E-state index in [0.717, 1.165) is 25.9 Å². The van der Waals surface area contributed by atoms with Gasteiger partial charge in [-0.2, -0.15) is 10.2 Å². The van der Waals surface area contributed by atoms with E-state index in [4.69, 9.17) is 4.98 Å². The van der Waals surface area contributed by atoms with Crippen molar-refractivity contribution in [2.75, 3.05) is 36.0 Å². The van der Waals surface area contributed by atoms with Gasteiger partial charge in [0.25, 0.3) is 5.56 Å². The zero-order chi connectivity index (χ0) is 20.8. The summed E-state index contributed by atoms with van der Waals surface area (Å²) in [4.78, 5) is 22.1. The van der Waals surface area contributed by atoms with Crippen molar-refractivity contribution in [3.63, 3.8) is 0 Å². The van der Waals surface area contributed by atoms with Gasteiger partial charge in [-0.05, 0) is 30.9 Å². The highest BCUT2D eigenvalue weighted by atomic mass is 16.1. The fraction of sp³-hybridized carbons (Fsp3) is 0.348. The van der Waals surface area contributed by atoms with Crippen LogP contribution in [0.3, 0.4) is 0 Å². The van der Waals surface area contributed by atoms with E-state index in [-0.39, 0.29) is 11.1 Å². The SMILES string of the molecule is C=CCN(CC)c1nc(N2CCc3ccccc3CC2)c(C#N)c(=O)n1CC=C. The van der Waals surface area contributed by atoms with Crippen molar-refractivity contribution in [3.8, 4) is 6.07 Å². The van der Waals surface area contributed by atoms with E-state index >= 15 is 0 Å². The second-order valence-electron chi connectivity index (χ2n) is 7.01. The lowest BCUT2D eigenvalue weighted by Gasteiger charge is -2.28. The molecule has 6 nitrogen and oxygen atoms in total. The molecule has 2 heterocycles. The minimum absolute atomic E-state index is 0.0937. The first kappa shape index (κ1) is 20.4. The molecule has 1 aromatic heterocycles. The Morgan fingerprint density at radius 1 is 1.21 bits per heavy atom. The van der Waals surface area contributed by atoms with Crippen LogP contribution in [0.5, 0.6) is 0 Å². The Morgan fingerprint density at radius 2 is 1.86 bits per heavy atom. The van der Waals surface area contributed by atoms with Crippen LogP contribution in [0.4, 0.5) is 11.8 Å². The maximum Gasteiger partial charge on any atom is 0.275 e. The number of allylic oxidation sites excluding steroid dienone is 1. The van der Waals surface area contributed by atoms with Crippen molar-refractivity contribution in [1.29, 1.82) is 5.26 Å². The first-order valence-corrected chi connectivity index (χ1v) is 9.98. The van der Waals surface area contributed by atoms with Gasteiger partial charge in [0.1, 0.15) is 6.07 Å². The number of nitrogens with zero attached hydrogens (tertiary/aromatic N) is 5. The van der Waals surface area contributed by atoms with Gasteiger partial charge in [0.2, 0.25) is 5.95 Å². The Labute approximate surface area is 172 Å². The lowest BCUT2D eigenvalue weighted by molar-refractivity contribution is 0.693. The van der Waals surface area contributed by atoms with Crippen LogP contribution in [0.25, 0.3) is 0 Å². The number of hydrogen-bond acceptors (Lipinski definition) is 5.